The Kier molecular flexibility index (Phi) is 5.37. The zero-order chi connectivity index (χ0) is 17.2. The van der Waals surface area contributed by atoms with Crippen LogP contribution in [0.5, 0.6) is 0 Å². The number of amides is 2. The molecule has 0 unspecified atom stereocenters. The quantitative estimate of drug-likeness (QED) is 0.853. The summed E-state index contributed by atoms with van der Waals surface area (Å²) in [5.74, 6) is 0. The first-order chi connectivity index (χ1) is 11.4. The molecular weight excluding hydrogens is 308 g/mol. The van der Waals surface area contributed by atoms with Crippen molar-refractivity contribution in [1.82, 2.24) is 10.2 Å². The summed E-state index contributed by atoms with van der Waals surface area (Å²) in [7, 11) is 0. The molecule has 0 bridgehead atoms. The predicted molar refractivity (Wildman–Crippen MR) is 91.1 cm³/mol. The van der Waals surface area contributed by atoms with Crippen LogP contribution in [-0.4, -0.2) is 67.2 Å². The molecule has 0 aromatic heterocycles. The smallest absolute Gasteiger partial charge is 0.317 e. The number of carbonyl (C=O) groups is 1. The van der Waals surface area contributed by atoms with Gasteiger partial charge in [-0.2, -0.15) is 0 Å². The third-order valence-electron chi connectivity index (χ3n) is 5.19. The van der Waals surface area contributed by atoms with Crippen LogP contribution in [-0.2, 0) is 14.2 Å². The molecule has 3 rings (SSSR count). The molecule has 0 radical (unpaired) electrons. The van der Waals surface area contributed by atoms with Crippen molar-refractivity contribution in [3.8, 4) is 0 Å². The Morgan fingerprint density at radius 1 is 1.33 bits per heavy atom. The summed E-state index contributed by atoms with van der Waals surface area (Å²) in [5.41, 5.74) is -0.430. The fourth-order valence-electron chi connectivity index (χ4n) is 4.21. The minimum atomic E-state index is -0.291. The van der Waals surface area contributed by atoms with Gasteiger partial charge in [0, 0.05) is 6.61 Å². The minimum absolute atomic E-state index is 0.00331. The van der Waals surface area contributed by atoms with Crippen LogP contribution in [0, 0.1) is 0 Å². The molecule has 24 heavy (non-hydrogen) atoms. The van der Waals surface area contributed by atoms with Crippen molar-refractivity contribution in [2.75, 3.05) is 32.9 Å². The molecule has 0 aromatic carbocycles. The summed E-state index contributed by atoms with van der Waals surface area (Å²) in [6, 6.07) is -0.0139. The number of hydrogen-bond donors (Lipinski definition) is 1. The van der Waals surface area contributed by atoms with Gasteiger partial charge in [0.05, 0.1) is 49.7 Å². The summed E-state index contributed by atoms with van der Waals surface area (Å²) in [5, 5.41) is 3.08. The van der Waals surface area contributed by atoms with E-state index in [4.69, 9.17) is 14.2 Å². The van der Waals surface area contributed by atoms with Crippen molar-refractivity contribution in [2.24, 2.45) is 0 Å². The first-order valence-electron chi connectivity index (χ1n) is 9.33. The van der Waals surface area contributed by atoms with Gasteiger partial charge in [-0.25, -0.2) is 4.79 Å². The van der Waals surface area contributed by atoms with E-state index >= 15 is 0 Å². The van der Waals surface area contributed by atoms with Gasteiger partial charge in [-0.3, -0.25) is 0 Å². The lowest BCUT2D eigenvalue weighted by Crippen LogP contribution is -2.62. The number of nitrogens with one attached hydrogen (secondary N) is 1. The zero-order valence-corrected chi connectivity index (χ0v) is 15.3. The van der Waals surface area contributed by atoms with Crippen molar-refractivity contribution in [3.63, 3.8) is 0 Å². The minimum Gasteiger partial charge on any atom is -0.379 e. The normalized spacial score (nSPS) is 29.8. The maximum Gasteiger partial charge on any atom is 0.317 e. The maximum absolute atomic E-state index is 12.7. The fraction of sp³-hybridized carbons (Fsp3) is 0.944. The topological polar surface area (TPSA) is 60.0 Å². The Balaban J connectivity index is 1.51. The summed E-state index contributed by atoms with van der Waals surface area (Å²) in [6.45, 7) is 9.45. The summed E-state index contributed by atoms with van der Waals surface area (Å²) >= 11 is 0. The molecule has 2 heterocycles. The monoisotopic (exact) mass is 340 g/mol. The van der Waals surface area contributed by atoms with Crippen LogP contribution in [0.1, 0.15) is 52.9 Å². The molecule has 6 heteroatoms. The molecule has 1 N–H and O–H groups in total. The van der Waals surface area contributed by atoms with Crippen LogP contribution in [0.3, 0.4) is 0 Å². The SMILES string of the molecule is C[C@H](CO[C@H]1CCOC1)NC(=O)N1CC(C)(C)OC2(CCCC2)C1. The zero-order valence-electron chi connectivity index (χ0n) is 15.3. The van der Waals surface area contributed by atoms with Gasteiger partial charge in [-0.05, 0) is 40.0 Å². The van der Waals surface area contributed by atoms with Crippen molar-refractivity contribution in [3.05, 3.63) is 0 Å². The average Bonchev–Trinajstić information content (AvgIpc) is 3.15. The highest BCUT2D eigenvalue weighted by atomic mass is 16.5. The molecule has 3 aliphatic rings. The van der Waals surface area contributed by atoms with E-state index in [9.17, 15) is 4.79 Å². The van der Waals surface area contributed by atoms with Crippen molar-refractivity contribution < 1.29 is 19.0 Å². The number of ether oxygens (including phenoxy) is 3. The second kappa shape index (κ2) is 7.18. The molecule has 0 aromatic rings. The summed E-state index contributed by atoms with van der Waals surface area (Å²) in [4.78, 5) is 14.6. The Morgan fingerprint density at radius 3 is 2.75 bits per heavy atom. The Hall–Kier alpha value is -0.850. The third kappa shape index (κ3) is 4.41. The van der Waals surface area contributed by atoms with Crippen LogP contribution >= 0.6 is 0 Å². The fourth-order valence-corrected chi connectivity index (χ4v) is 4.21. The number of urea groups is 1. The van der Waals surface area contributed by atoms with Crippen LogP contribution in [0.25, 0.3) is 0 Å². The number of nitrogens with zero attached hydrogens (tertiary/aromatic N) is 1. The second-order valence-corrected chi connectivity index (χ2v) is 8.28. The van der Waals surface area contributed by atoms with E-state index in [0.717, 1.165) is 25.9 Å². The standard InChI is InChI=1S/C18H32N2O4/c1-14(10-23-15-6-9-22-11-15)19-16(21)20-12-17(2,3)24-18(13-20)7-4-5-8-18/h14-15H,4-13H2,1-3H3,(H,19,21)/t14-,15+/m1/s1. The van der Waals surface area contributed by atoms with E-state index in [2.05, 4.69) is 19.2 Å². The largest absolute Gasteiger partial charge is 0.379 e. The Labute approximate surface area is 145 Å². The lowest BCUT2D eigenvalue weighted by molar-refractivity contribution is -0.184. The van der Waals surface area contributed by atoms with Gasteiger partial charge in [-0.1, -0.05) is 12.8 Å². The molecular formula is C18H32N2O4. The van der Waals surface area contributed by atoms with Crippen molar-refractivity contribution in [2.45, 2.75) is 76.2 Å². The number of hydrogen-bond acceptors (Lipinski definition) is 4. The van der Waals surface area contributed by atoms with Gasteiger partial charge in [-0.15, -0.1) is 0 Å². The van der Waals surface area contributed by atoms with Gasteiger partial charge >= 0.3 is 6.03 Å². The van der Waals surface area contributed by atoms with Gasteiger partial charge in [0.1, 0.15) is 0 Å². The predicted octanol–water partition coefficient (Wildman–Crippen LogP) is 2.31. The molecule has 2 atom stereocenters. The molecule has 2 amide bonds. The first-order valence-corrected chi connectivity index (χ1v) is 9.33. The van der Waals surface area contributed by atoms with E-state index in [1.807, 2.05) is 11.8 Å². The molecule has 2 saturated heterocycles. The van der Waals surface area contributed by atoms with Gasteiger partial charge in [0.25, 0.3) is 0 Å². The number of carbonyl (C=O) groups excluding carboxylic acids is 1. The first kappa shape index (κ1) is 18.0. The lowest BCUT2D eigenvalue weighted by Gasteiger charge is -2.48. The van der Waals surface area contributed by atoms with Gasteiger partial charge in [0.15, 0.2) is 0 Å². The molecule has 1 spiro atoms. The van der Waals surface area contributed by atoms with Crippen molar-refractivity contribution in [1.29, 1.82) is 0 Å². The van der Waals surface area contributed by atoms with Gasteiger partial charge in [0.2, 0.25) is 0 Å². The summed E-state index contributed by atoms with van der Waals surface area (Å²) in [6.07, 6.45) is 5.62. The molecule has 1 aliphatic carbocycles. The van der Waals surface area contributed by atoms with Gasteiger partial charge < -0.3 is 24.4 Å². The highest BCUT2D eigenvalue weighted by Crippen LogP contribution is 2.40. The van der Waals surface area contributed by atoms with Crippen LogP contribution in [0.2, 0.25) is 0 Å². The lowest BCUT2D eigenvalue weighted by atomic mass is 9.94. The highest BCUT2D eigenvalue weighted by Gasteiger charge is 2.47. The van der Waals surface area contributed by atoms with Crippen LogP contribution in [0.4, 0.5) is 4.79 Å². The Morgan fingerprint density at radius 2 is 2.08 bits per heavy atom. The number of morpholine rings is 1. The molecule has 1 saturated carbocycles. The number of rotatable bonds is 4. The van der Waals surface area contributed by atoms with E-state index in [1.54, 1.807) is 0 Å². The third-order valence-corrected chi connectivity index (χ3v) is 5.19. The van der Waals surface area contributed by atoms with E-state index in [1.165, 1.54) is 12.8 Å². The van der Waals surface area contributed by atoms with E-state index < -0.39 is 0 Å². The Bertz CT molecular complexity index is 442. The van der Waals surface area contributed by atoms with Crippen LogP contribution < -0.4 is 5.32 Å². The molecule has 2 aliphatic heterocycles. The molecule has 6 nitrogen and oxygen atoms in total. The van der Waals surface area contributed by atoms with Crippen LogP contribution in [0.15, 0.2) is 0 Å². The van der Waals surface area contributed by atoms with Crippen molar-refractivity contribution >= 4 is 6.03 Å². The molecule has 3 fully saturated rings. The second-order valence-electron chi connectivity index (χ2n) is 8.28. The highest BCUT2D eigenvalue weighted by molar-refractivity contribution is 5.74. The average molecular weight is 340 g/mol. The van der Waals surface area contributed by atoms with E-state index in [0.29, 0.717) is 26.3 Å². The summed E-state index contributed by atoms with van der Waals surface area (Å²) < 4.78 is 17.5. The molecule has 138 valence electrons. The van der Waals surface area contributed by atoms with E-state index in [-0.39, 0.29) is 29.4 Å². The maximum atomic E-state index is 12.7.